The third-order valence-corrected chi connectivity index (χ3v) is 3.17. The first-order valence-corrected chi connectivity index (χ1v) is 6.46. The molecule has 0 radical (unpaired) electrons. The number of aryl methyl sites for hydroxylation is 1. The van der Waals surface area contributed by atoms with Gasteiger partial charge in [-0.2, -0.15) is 0 Å². The topological polar surface area (TPSA) is 54.3 Å². The SMILES string of the molecule is Cc1cc(C(=O)NCC(C)CO)c(C)n1C(C)C. The van der Waals surface area contributed by atoms with Gasteiger partial charge in [-0.05, 0) is 39.7 Å². The van der Waals surface area contributed by atoms with Crippen LogP contribution in [0.1, 0.15) is 48.6 Å². The number of rotatable bonds is 5. The molecular weight excluding hydrogens is 228 g/mol. The molecule has 1 aromatic rings. The summed E-state index contributed by atoms with van der Waals surface area (Å²) in [5.41, 5.74) is 2.82. The number of aliphatic hydroxyl groups is 1. The first kappa shape index (κ1) is 14.8. The van der Waals surface area contributed by atoms with E-state index >= 15 is 0 Å². The van der Waals surface area contributed by atoms with E-state index in [1.54, 1.807) is 0 Å². The lowest BCUT2D eigenvalue weighted by atomic mass is 10.2. The minimum Gasteiger partial charge on any atom is -0.396 e. The van der Waals surface area contributed by atoms with Gasteiger partial charge in [-0.15, -0.1) is 0 Å². The third-order valence-electron chi connectivity index (χ3n) is 3.17. The van der Waals surface area contributed by atoms with Gasteiger partial charge in [0.05, 0.1) is 5.56 Å². The lowest BCUT2D eigenvalue weighted by Gasteiger charge is -2.14. The molecule has 0 aliphatic carbocycles. The average molecular weight is 252 g/mol. The molecule has 0 saturated carbocycles. The van der Waals surface area contributed by atoms with E-state index in [1.165, 1.54) is 0 Å². The highest BCUT2D eigenvalue weighted by atomic mass is 16.3. The Bertz CT molecular complexity index is 422. The number of nitrogens with zero attached hydrogens (tertiary/aromatic N) is 1. The second-order valence-electron chi connectivity index (χ2n) is 5.25. The molecule has 0 aliphatic heterocycles. The lowest BCUT2D eigenvalue weighted by molar-refractivity contribution is 0.0941. The van der Waals surface area contributed by atoms with Gasteiger partial charge in [0.25, 0.3) is 5.91 Å². The maximum Gasteiger partial charge on any atom is 0.253 e. The number of aliphatic hydroxyl groups excluding tert-OH is 1. The Morgan fingerprint density at radius 1 is 1.39 bits per heavy atom. The van der Waals surface area contributed by atoms with Crippen LogP contribution in [-0.2, 0) is 0 Å². The fraction of sp³-hybridized carbons (Fsp3) is 0.643. The maximum absolute atomic E-state index is 12.1. The predicted molar refractivity (Wildman–Crippen MR) is 72.9 cm³/mol. The van der Waals surface area contributed by atoms with Gasteiger partial charge in [0, 0.05) is 30.6 Å². The van der Waals surface area contributed by atoms with Crippen molar-refractivity contribution >= 4 is 5.91 Å². The van der Waals surface area contributed by atoms with Crippen LogP contribution in [0.5, 0.6) is 0 Å². The summed E-state index contributed by atoms with van der Waals surface area (Å²) in [7, 11) is 0. The molecule has 1 aromatic heterocycles. The molecule has 0 saturated heterocycles. The Labute approximate surface area is 109 Å². The van der Waals surface area contributed by atoms with Crippen LogP contribution in [0.3, 0.4) is 0 Å². The van der Waals surface area contributed by atoms with Crippen LogP contribution in [0.4, 0.5) is 0 Å². The first-order chi connectivity index (χ1) is 8.38. The van der Waals surface area contributed by atoms with Crippen LogP contribution in [0.25, 0.3) is 0 Å². The highest BCUT2D eigenvalue weighted by Crippen LogP contribution is 2.19. The molecule has 102 valence electrons. The summed E-state index contributed by atoms with van der Waals surface area (Å²) in [5.74, 6) is 0.0258. The van der Waals surface area contributed by atoms with E-state index in [0.717, 1.165) is 17.0 Å². The molecule has 0 fully saturated rings. The third kappa shape index (κ3) is 3.13. The Hall–Kier alpha value is -1.29. The van der Waals surface area contributed by atoms with Crippen molar-refractivity contribution in [3.63, 3.8) is 0 Å². The number of hydrogen-bond donors (Lipinski definition) is 2. The van der Waals surface area contributed by atoms with E-state index in [9.17, 15) is 4.79 Å². The summed E-state index contributed by atoms with van der Waals surface area (Å²) < 4.78 is 2.16. The highest BCUT2D eigenvalue weighted by molar-refractivity contribution is 5.95. The van der Waals surface area contributed by atoms with Crippen LogP contribution in [0.15, 0.2) is 6.07 Å². The van der Waals surface area contributed by atoms with Gasteiger partial charge in [-0.3, -0.25) is 4.79 Å². The molecule has 0 aliphatic rings. The van der Waals surface area contributed by atoms with Crippen LogP contribution in [-0.4, -0.2) is 28.7 Å². The Kier molecular flexibility index (Phi) is 4.96. The molecule has 2 N–H and O–H groups in total. The van der Waals surface area contributed by atoms with Gasteiger partial charge in [-0.1, -0.05) is 6.92 Å². The number of nitrogens with one attached hydrogen (secondary N) is 1. The van der Waals surface area contributed by atoms with Crippen molar-refractivity contribution in [1.29, 1.82) is 0 Å². The summed E-state index contributed by atoms with van der Waals surface area (Å²) in [6.45, 7) is 10.7. The van der Waals surface area contributed by atoms with E-state index in [1.807, 2.05) is 26.8 Å². The summed E-state index contributed by atoms with van der Waals surface area (Å²) in [4.78, 5) is 12.1. The molecule has 4 nitrogen and oxygen atoms in total. The molecule has 0 bridgehead atoms. The van der Waals surface area contributed by atoms with Gasteiger partial charge >= 0.3 is 0 Å². The largest absolute Gasteiger partial charge is 0.396 e. The molecule has 1 heterocycles. The molecule has 1 amide bonds. The maximum atomic E-state index is 12.1. The van der Waals surface area contributed by atoms with Crippen LogP contribution in [0, 0.1) is 19.8 Å². The zero-order chi connectivity index (χ0) is 13.9. The second-order valence-corrected chi connectivity index (χ2v) is 5.25. The predicted octanol–water partition coefficient (Wildman–Crippen LogP) is 2.04. The molecule has 18 heavy (non-hydrogen) atoms. The Balaban J connectivity index is 2.84. The second kappa shape index (κ2) is 6.05. The van der Waals surface area contributed by atoms with Crippen molar-refractivity contribution in [3.05, 3.63) is 23.0 Å². The fourth-order valence-electron chi connectivity index (χ4n) is 2.23. The average Bonchev–Trinajstić information content (AvgIpc) is 2.61. The zero-order valence-corrected chi connectivity index (χ0v) is 11.9. The smallest absolute Gasteiger partial charge is 0.253 e. The van der Waals surface area contributed by atoms with Gasteiger partial charge in [-0.25, -0.2) is 0 Å². The van der Waals surface area contributed by atoms with Crippen LogP contribution >= 0.6 is 0 Å². The summed E-state index contributed by atoms with van der Waals surface area (Å²) in [6.07, 6.45) is 0. The Morgan fingerprint density at radius 3 is 2.44 bits per heavy atom. The number of carbonyl (C=O) groups is 1. The molecule has 4 heteroatoms. The standard InChI is InChI=1S/C14H24N2O2/c1-9(2)16-11(4)6-13(12(16)5)14(18)15-7-10(3)8-17/h6,9-10,17H,7-8H2,1-5H3,(H,15,18). The molecular formula is C14H24N2O2. The van der Waals surface area contributed by atoms with Crippen molar-refractivity contribution in [3.8, 4) is 0 Å². The first-order valence-electron chi connectivity index (χ1n) is 6.46. The van der Waals surface area contributed by atoms with E-state index in [0.29, 0.717) is 12.6 Å². The fourth-order valence-corrected chi connectivity index (χ4v) is 2.23. The Morgan fingerprint density at radius 2 is 2.00 bits per heavy atom. The van der Waals surface area contributed by atoms with Crippen molar-refractivity contribution in [2.45, 2.75) is 40.7 Å². The summed E-state index contributed by atoms with van der Waals surface area (Å²) in [5, 5.41) is 11.8. The van der Waals surface area contributed by atoms with Crippen molar-refractivity contribution in [1.82, 2.24) is 9.88 Å². The minimum atomic E-state index is -0.0599. The van der Waals surface area contributed by atoms with Gasteiger partial charge in [0.1, 0.15) is 0 Å². The normalized spacial score (nSPS) is 12.8. The zero-order valence-electron chi connectivity index (χ0n) is 11.9. The molecule has 1 atom stereocenters. The monoisotopic (exact) mass is 252 g/mol. The molecule has 0 aromatic carbocycles. The van der Waals surface area contributed by atoms with Crippen LogP contribution < -0.4 is 5.32 Å². The molecule has 0 spiro atoms. The highest BCUT2D eigenvalue weighted by Gasteiger charge is 2.17. The molecule has 1 unspecified atom stereocenters. The minimum absolute atomic E-state index is 0.0599. The number of carbonyl (C=O) groups excluding carboxylic acids is 1. The van der Waals surface area contributed by atoms with E-state index in [2.05, 4.69) is 23.7 Å². The van der Waals surface area contributed by atoms with Crippen LogP contribution in [0.2, 0.25) is 0 Å². The quantitative estimate of drug-likeness (QED) is 0.842. The number of hydrogen-bond acceptors (Lipinski definition) is 2. The van der Waals surface area contributed by atoms with Gasteiger partial charge < -0.3 is 15.0 Å². The van der Waals surface area contributed by atoms with Gasteiger partial charge in [0.2, 0.25) is 0 Å². The van der Waals surface area contributed by atoms with Crippen molar-refractivity contribution in [2.24, 2.45) is 5.92 Å². The van der Waals surface area contributed by atoms with E-state index < -0.39 is 0 Å². The number of amides is 1. The molecule has 1 rings (SSSR count). The van der Waals surface area contributed by atoms with E-state index in [-0.39, 0.29) is 18.4 Å². The van der Waals surface area contributed by atoms with Crippen molar-refractivity contribution in [2.75, 3.05) is 13.2 Å². The number of aromatic nitrogens is 1. The van der Waals surface area contributed by atoms with Crippen molar-refractivity contribution < 1.29 is 9.90 Å². The van der Waals surface area contributed by atoms with E-state index in [4.69, 9.17) is 5.11 Å². The summed E-state index contributed by atoms with van der Waals surface area (Å²) >= 11 is 0. The van der Waals surface area contributed by atoms with Gasteiger partial charge in [0.15, 0.2) is 0 Å². The summed E-state index contributed by atoms with van der Waals surface area (Å²) in [6, 6.07) is 2.27. The lowest BCUT2D eigenvalue weighted by Crippen LogP contribution is -2.29.